The highest BCUT2D eigenvalue weighted by atomic mass is 32.2. The third kappa shape index (κ3) is 4.39. The van der Waals surface area contributed by atoms with E-state index in [1.54, 1.807) is 0 Å². The van der Waals surface area contributed by atoms with Crippen molar-refractivity contribution in [3.63, 3.8) is 0 Å². The Labute approximate surface area is 149 Å². The molecule has 3 heterocycles. The second-order valence-corrected chi connectivity index (χ2v) is 8.88. The molecular weight excluding hydrogens is 342 g/mol. The maximum atomic E-state index is 12.3. The molecule has 0 spiro atoms. The van der Waals surface area contributed by atoms with Crippen LogP contribution in [-0.2, 0) is 34.5 Å². The number of carbonyl (C=O) groups is 1. The van der Waals surface area contributed by atoms with E-state index in [0.717, 1.165) is 43.9 Å². The van der Waals surface area contributed by atoms with Crippen LogP contribution in [-0.4, -0.2) is 65.7 Å². The Bertz CT molecular complexity index is 730. The molecule has 2 aliphatic rings. The smallest absolute Gasteiger partial charge is 0.224 e. The molecule has 0 aliphatic carbocycles. The van der Waals surface area contributed by atoms with E-state index in [-0.39, 0.29) is 11.8 Å². The lowest BCUT2D eigenvalue weighted by Crippen LogP contribution is -2.32. The summed E-state index contributed by atoms with van der Waals surface area (Å²) in [6, 6.07) is 1.90. The second-order valence-electron chi connectivity index (χ2n) is 6.90. The van der Waals surface area contributed by atoms with Crippen molar-refractivity contribution in [2.45, 2.75) is 39.4 Å². The number of sulfonamides is 1. The molecule has 1 saturated heterocycles. The van der Waals surface area contributed by atoms with Crippen molar-refractivity contribution in [3.8, 4) is 0 Å². The van der Waals surface area contributed by atoms with Gasteiger partial charge in [-0.25, -0.2) is 8.42 Å². The lowest BCUT2D eigenvalue weighted by Gasteiger charge is -2.16. The molecule has 1 aromatic rings. The average Bonchev–Trinajstić information content (AvgIpc) is 3.13. The van der Waals surface area contributed by atoms with Gasteiger partial charge in [-0.15, -0.1) is 0 Å². The van der Waals surface area contributed by atoms with Gasteiger partial charge in [0.1, 0.15) is 0 Å². The molecule has 1 atom stereocenters. The third-order valence-corrected chi connectivity index (χ3v) is 6.28. The van der Waals surface area contributed by atoms with Gasteiger partial charge in [-0.05, 0) is 32.0 Å². The predicted octanol–water partition coefficient (Wildman–Crippen LogP) is 0.00640. The van der Waals surface area contributed by atoms with Gasteiger partial charge in [0.25, 0.3) is 0 Å². The van der Waals surface area contributed by atoms with E-state index in [0.29, 0.717) is 26.2 Å². The number of amides is 1. The number of likely N-dealkylation sites (tertiary alicyclic amines) is 1. The number of aromatic nitrogens is 2. The van der Waals surface area contributed by atoms with Gasteiger partial charge < -0.3 is 10.2 Å². The van der Waals surface area contributed by atoms with Gasteiger partial charge in [-0.1, -0.05) is 6.92 Å². The Morgan fingerprint density at radius 1 is 1.36 bits per heavy atom. The van der Waals surface area contributed by atoms with Crippen molar-refractivity contribution < 1.29 is 13.2 Å². The van der Waals surface area contributed by atoms with Gasteiger partial charge in [0.2, 0.25) is 15.9 Å². The molecule has 1 aromatic heterocycles. The largest absolute Gasteiger partial charge is 0.350 e. The zero-order chi connectivity index (χ0) is 18.0. The van der Waals surface area contributed by atoms with Crippen molar-refractivity contribution in [2.24, 2.45) is 5.92 Å². The Balaban J connectivity index is 1.59. The minimum Gasteiger partial charge on any atom is -0.350 e. The Morgan fingerprint density at radius 3 is 2.84 bits per heavy atom. The lowest BCUT2D eigenvalue weighted by molar-refractivity contribution is -0.124. The number of hydrogen-bond acceptors (Lipinski definition) is 5. The van der Waals surface area contributed by atoms with E-state index in [9.17, 15) is 13.2 Å². The quantitative estimate of drug-likeness (QED) is 0.790. The second kappa shape index (κ2) is 7.43. The Morgan fingerprint density at radius 2 is 2.16 bits per heavy atom. The number of rotatable bonds is 5. The summed E-state index contributed by atoms with van der Waals surface area (Å²) in [6.07, 6.45) is 2.88. The number of nitrogens with zero attached hydrogens (tertiary/aromatic N) is 4. The van der Waals surface area contributed by atoms with Crippen LogP contribution in [0.3, 0.4) is 0 Å². The normalized spacial score (nSPS) is 22.6. The van der Waals surface area contributed by atoms with E-state index < -0.39 is 10.0 Å². The first-order chi connectivity index (χ1) is 11.9. The van der Waals surface area contributed by atoms with Gasteiger partial charge in [-0.3, -0.25) is 9.48 Å². The van der Waals surface area contributed by atoms with Crippen molar-refractivity contribution in [1.29, 1.82) is 0 Å². The maximum absolute atomic E-state index is 12.3. The van der Waals surface area contributed by atoms with Gasteiger partial charge in [0.15, 0.2) is 0 Å². The predicted molar refractivity (Wildman–Crippen MR) is 94.2 cm³/mol. The fourth-order valence-corrected chi connectivity index (χ4v) is 4.35. The van der Waals surface area contributed by atoms with Crippen molar-refractivity contribution in [3.05, 3.63) is 17.5 Å². The first kappa shape index (κ1) is 18.3. The van der Waals surface area contributed by atoms with Crippen LogP contribution in [0.15, 0.2) is 6.07 Å². The number of nitrogens with one attached hydrogen (secondary N) is 1. The summed E-state index contributed by atoms with van der Waals surface area (Å²) >= 11 is 0. The van der Waals surface area contributed by atoms with Crippen LogP contribution in [0.5, 0.6) is 0 Å². The van der Waals surface area contributed by atoms with E-state index in [1.165, 1.54) is 10.6 Å². The summed E-state index contributed by atoms with van der Waals surface area (Å²) in [5.74, 6) is 0.137. The standard InChI is InChI=1S/C16H27N5O3S/c1-3-19-8-5-13(11-19)16(22)17-10-14-9-15-12-20(25(2,23)24)6-4-7-21(15)18-14/h9,13H,3-8,10-12H2,1-2H3,(H,17,22). The molecule has 1 amide bonds. The first-order valence-corrected chi connectivity index (χ1v) is 10.7. The summed E-state index contributed by atoms with van der Waals surface area (Å²) in [6.45, 7) is 6.84. The van der Waals surface area contributed by atoms with E-state index in [2.05, 4.69) is 22.2 Å². The lowest BCUT2D eigenvalue weighted by atomic mass is 10.1. The van der Waals surface area contributed by atoms with Crippen LogP contribution in [0, 0.1) is 5.92 Å². The fraction of sp³-hybridized carbons (Fsp3) is 0.750. The van der Waals surface area contributed by atoms with Crippen LogP contribution < -0.4 is 5.32 Å². The maximum Gasteiger partial charge on any atom is 0.224 e. The monoisotopic (exact) mass is 369 g/mol. The van der Waals surface area contributed by atoms with Gasteiger partial charge in [-0.2, -0.15) is 9.40 Å². The molecule has 0 saturated carbocycles. The molecule has 0 radical (unpaired) electrons. The number of hydrogen-bond donors (Lipinski definition) is 1. The van der Waals surface area contributed by atoms with Crippen LogP contribution in [0.1, 0.15) is 31.2 Å². The summed E-state index contributed by atoms with van der Waals surface area (Å²) in [7, 11) is -3.21. The minimum atomic E-state index is -3.21. The minimum absolute atomic E-state index is 0.0566. The van der Waals surface area contributed by atoms with Crippen LogP contribution in [0.4, 0.5) is 0 Å². The highest BCUT2D eigenvalue weighted by Gasteiger charge is 2.27. The summed E-state index contributed by atoms with van der Waals surface area (Å²) in [4.78, 5) is 14.6. The molecule has 1 N–H and O–H groups in total. The molecule has 0 bridgehead atoms. The SMILES string of the molecule is CCN1CCC(C(=O)NCc2cc3n(n2)CCCN(S(C)(=O)=O)C3)C1. The molecule has 8 nitrogen and oxygen atoms in total. The molecule has 25 heavy (non-hydrogen) atoms. The topological polar surface area (TPSA) is 87.5 Å². The van der Waals surface area contributed by atoms with Crippen molar-refractivity contribution in [2.75, 3.05) is 32.4 Å². The molecule has 1 unspecified atom stereocenters. The van der Waals surface area contributed by atoms with Gasteiger partial charge >= 0.3 is 0 Å². The highest BCUT2D eigenvalue weighted by molar-refractivity contribution is 7.88. The van der Waals surface area contributed by atoms with E-state index >= 15 is 0 Å². The molecule has 140 valence electrons. The number of carbonyl (C=O) groups excluding carboxylic acids is 1. The molecular formula is C16H27N5O3S. The van der Waals surface area contributed by atoms with Crippen molar-refractivity contribution in [1.82, 2.24) is 24.3 Å². The van der Waals surface area contributed by atoms with Crippen LogP contribution >= 0.6 is 0 Å². The Hall–Kier alpha value is -1.45. The zero-order valence-corrected chi connectivity index (χ0v) is 15.8. The third-order valence-electron chi connectivity index (χ3n) is 5.03. The summed E-state index contributed by atoms with van der Waals surface area (Å²) < 4.78 is 27.0. The molecule has 0 aromatic carbocycles. The van der Waals surface area contributed by atoms with Gasteiger partial charge in [0, 0.05) is 19.6 Å². The Kier molecular flexibility index (Phi) is 5.45. The summed E-state index contributed by atoms with van der Waals surface area (Å²) in [5.41, 5.74) is 1.66. The fourth-order valence-electron chi connectivity index (χ4n) is 3.52. The first-order valence-electron chi connectivity index (χ1n) is 8.87. The average molecular weight is 369 g/mol. The van der Waals surface area contributed by atoms with E-state index in [1.807, 2.05) is 10.7 Å². The van der Waals surface area contributed by atoms with Crippen LogP contribution in [0.25, 0.3) is 0 Å². The summed E-state index contributed by atoms with van der Waals surface area (Å²) in [5, 5.41) is 7.51. The van der Waals surface area contributed by atoms with E-state index in [4.69, 9.17) is 0 Å². The van der Waals surface area contributed by atoms with Crippen molar-refractivity contribution >= 4 is 15.9 Å². The number of aryl methyl sites for hydroxylation is 1. The highest BCUT2D eigenvalue weighted by Crippen LogP contribution is 2.18. The molecule has 2 aliphatic heterocycles. The number of fused-ring (bicyclic) bond motifs is 1. The molecule has 3 rings (SSSR count). The molecule has 1 fully saturated rings. The van der Waals surface area contributed by atoms with Gasteiger partial charge in [0.05, 0.1) is 36.7 Å². The molecule has 9 heteroatoms. The zero-order valence-electron chi connectivity index (χ0n) is 14.9. The van der Waals surface area contributed by atoms with Crippen LogP contribution in [0.2, 0.25) is 0 Å².